The van der Waals surface area contributed by atoms with E-state index < -0.39 is 18.3 Å². The van der Waals surface area contributed by atoms with Crippen molar-refractivity contribution in [1.29, 1.82) is 0 Å². The van der Waals surface area contributed by atoms with E-state index in [1.165, 1.54) is 24.3 Å². The molecule has 0 aliphatic rings. The lowest BCUT2D eigenvalue weighted by atomic mass is 10.2. The van der Waals surface area contributed by atoms with E-state index in [1.54, 1.807) is 6.07 Å². The van der Waals surface area contributed by atoms with Crippen LogP contribution in [0.25, 0.3) is 0 Å². The Kier molecular flexibility index (Phi) is 3.00. The summed E-state index contributed by atoms with van der Waals surface area (Å²) in [6, 6.07) is 7.21. The minimum atomic E-state index is -4.94. The molecule has 0 aliphatic carbocycles. The Hall–Kier alpha value is -1.23. The van der Waals surface area contributed by atoms with E-state index in [9.17, 15) is 14.4 Å². The molecule has 7 heteroatoms. The second-order valence-corrected chi connectivity index (χ2v) is 4.27. The summed E-state index contributed by atoms with van der Waals surface area (Å²) in [6.45, 7) is 0. The lowest BCUT2D eigenvalue weighted by Crippen LogP contribution is -2.18. The average Bonchev–Trinajstić information content (AvgIpc) is 2.02. The Labute approximate surface area is 79.5 Å². The molecule has 14 heavy (non-hydrogen) atoms. The van der Waals surface area contributed by atoms with Crippen molar-refractivity contribution in [2.45, 2.75) is 5.78 Å². The van der Waals surface area contributed by atoms with Crippen molar-refractivity contribution < 1.29 is 24.5 Å². The molecule has 0 radical (unpaired) electrons. The first-order chi connectivity index (χ1) is 6.43. The van der Waals surface area contributed by atoms with Gasteiger partial charge in [-0.3, -0.25) is 0 Å². The Morgan fingerprint density at radius 3 is 2.21 bits per heavy atom. The molecule has 0 saturated carbocycles. The predicted octanol–water partition coefficient (Wildman–Crippen LogP) is 0.399. The molecule has 2 atom stereocenters. The summed E-state index contributed by atoms with van der Waals surface area (Å²) in [6.07, 6.45) is 0. The second kappa shape index (κ2) is 3.88. The minimum absolute atomic E-state index is 0.00540. The highest BCUT2D eigenvalue weighted by Gasteiger charge is 2.37. The van der Waals surface area contributed by atoms with Gasteiger partial charge in [0.1, 0.15) is 0 Å². The molecule has 0 saturated heterocycles. The van der Waals surface area contributed by atoms with E-state index in [-0.39, 0.29) is 5.56 Å². The minimum Gasteiger partial charge on any atom is -0.773 e. The molecule has 0 aliphatic heterocycles. The first-order valence-corrected chi connectivity index (χ1v) is 5.31. The Morgan fingerprint density at radius 1 is 1.36 bits per heavy atom. The van der Waals surface area contributed by atoms with Gasteiger partial charge < -0.3 is 14.4 Å². The molecule has 2 N–H and O–H groups in total. The van der Waals surface area contributed by atoms with Crippen LogP contribution < -0.4 is 4.89 Å². The van der Waals surface area contributed by atoms with Gasteiger partial charge >= 0.3 is 5.78 Å². The molecule has 0 fully saturated rings. The van der Waals surface area contributed by atoms with Gasteiger partial charge in [-0.25, -0.2) is 5.21 Å². The zero-order valence-corrected chi connectivity index (χ0v) is 7.87. The number of hydrogen-bond acceptors (Lipinski definition) is 3. The zero-order valence-electron chi connectivity index (χ0n) is 6.98. The zero-order chi connectivity index (χ0) is 10.8. The predicted molar refractivity (Wildman–Crippen MR) is 44.4 cm³/mol. The van der Waals surface area contributed by atoms with Crippen molar-refractivity contribution in [1.82, 2.24) is 0 Å². The highest BCUT2D eigenvalue weighted by Crippen LogP contribution is 2.47. The standard InChI is InChI=1S/C7H8NO5P/c9-8(10)7(14(11,12)13)6-4-2-1-3-5-6/h1-5,7H,(H2-,9,10,11,12,13). The third-order valence-corrected chi connectivity index (χ3v) is 2.73. The van der Waals surface area contributed by atoms with Gasteiger partial charge in [0.25, 0.3) is 0 Å². The maximum Gasteiger partial charge on any atom is 0.341 e. The maximum absolute atomic E-state index is 10.8. The van der Waals surface area contributed by atoms with Crippen LogP contribution in [0.15, 0.2) is 30.3 Å². The van der Waals surface area contributed by atoms with Crippen LogP contribution in [0.5, 0.6) is 0 Å². The van der Waals surface area contributed by atoms with E-state index >= 15 is 0 Å². The quantitative estimate of drug-likeness (QED) is 0.563. The van der Waals surface area contributed by atoms with Crippen LogP contribution in [0.3, 0.4) is 0 Å². The van der Waals surface area contributed by atoms with Crippen molar-refractivity contribution in [3.8, 4) is 0 Å². The molecule has 0 bridgehead atoms. The molecule has 0 heterocycles. The topological polar surface area (TPSA) is 101 Å². The first-order valence-electron chi connectivity index (χ1n) is 3.66. The van der Waals surface area contributed by atoms with Gasteiger partial charge in [-0.1, -0.05) is 30.3 Å². The first kappa shape index (κ1) is 10.8. The Morgan fingerprint density at radius 2 is 1.86 bits per heavy atom. The second-order valence-electron chi connectivity index (χ2n) is 2.65. The van der Waals surface area contributed by atoms with Gasteiger partial charge in [0.15, 0.2) is 0 Å². The van der Waals surface area contributed by atoms with Crippen LogP contribution >= 0.6 is 7.60 Å². The van der Waals surface area contributed by atoms with Crippen LogP contribution in [-0.2, 0) is 4.57 Å². The summed E-state index contributed by atoms with van der Waals surface area (Å²) in [4.78, 5) is 29.2. The van der Waals surface area contributed by atoms with Gasteiger partial charge in [0.2, 0.25) is 12.5 Å². The largest absolute Gasteiger partial charge is 0.773 e. The van der Waals surface area contributed by atoms with Crippen molar-refractivity contribution in [3.63, 3.8) is 0 Å². The summed E-state index contributed by atoms with van der Waals surface area (Å²) in [7, 11) is -4.94. The van der Waals surface area contributed by atoms with E-state index in [0.29, 0.717) is 0 Å². The monoisotopic (exact) mass is 217 g/mol. The summed E-state index contributed by atoms with van der Waals surface area (Å²) >= 11 is 0. The van der Waals surface area contributed by atoms with Crippen LogP contribution in [0.4, 0.5) is 0 Å². The number of hydrogen-bond donors (Lipinski definition) is 2. The molecule has 0 spiro atoms. The smallest absolute Gasteiger partial charge is 0.341 e. The maximum atomic E-state index is 10.8. The average molecular weight is 217 g/mol. The molecule has 76 valence electrons. The fraction of sp³-hybridized carbons (Fsp3) is 0.143. The van der Waals surface area contributed by atoms with Gasteiger partial charge in [-0.15, -0.1) is 0 Å². The molecule has 2 unspecified atom stereocenters. The summed E-state index contributed by atoms with van der Waals surface area (Å²) in [5.74, 6) is -1.97. The molecule has 0 aromatic heterocycles. The normalized spacial score (nSPS) is 17.0. The highest BCUT2D eigenvalue weighted by molar-refractivity contribution is 7.50. The van der Waals surface area contributed by atoms with Gasteiger partial charge in [0.05, 0.1) is 4.91 Å². The third-order valence-electron chi connectivity index (χ3n) is 1.62. The number of rotatable bonds is 3. The fourth-order valence-corrected chi connectivity index (χ4v) is 1.86. The van der Waals surface area contributed by atoms with Crippen molar-refractivity contribution in [2.75, 3.05) is 0 Å². The number of nitrogens with zero attached hydrogens (tertiary/aromatic N) is 1. The molecule has 1 rings (SSSR count). The van der Waals surface area contributed by atoms with Crippen molar-refractivity contribution >= 4 is 7.60 Å². The molecule has 1 aromatic rings. The van der Waals surface area contributed by atoms with E-state index in [4.69, 9.17) is 10.1 Å². The van der Waals surface area contributed by atoms with Gasteiger partial charge in [-0.05, 0) is 0 Å². The van der Waals surface area contributed by atoms with Gasteiger partial charge in [0, 0.05) is 5.56 Å². The molecule has 1 aromatic carbocycles. The lowest BCUT2D eigenvalue weighted by Gasteiger charge is -2.16. The Balaban J connectivity index is 3.15. The van der Waals surface area contributed by atoms with E-state index in [1.807, 2.05) is 0 Å². The summed E-state index contributed by atoms with van der Waals surface area (Å²) in [5.41, 5.74) is 0.00540. The fourth-order valence-electron chi connectivity index (χ4n) is 1.07. The summed E-state index contributed by atoms with van der Waals surface area (Å²) in [5, 5.41) is 8.55. The highest BCUT2D eigenvalue weighted by atomic mass is 31.2. The molecular formula is C7H8NO5P. The molecular weight excluding hydrogens is 209 g/mol. The SMILES string of the molecule is O=[N+](O)C(c1ccccc1)P(=O)([O-])O. The molecule has 0 amide bonds. The third kappa shape index (κ3) is 2.38. The van der Waals surface area contributed by atoms with E-state index in [2.05, 4.69) is 0 Å². The van der Waals surface area contributed by atoms with Crippen LogP contribution in [0.2, 0.25) is 0 Å². The van der Waals surface area contributed by atoms with Crippen LogP contribution in [0.1, 0.15) is 11.3 Å². The Bertz CT molecular complexity index is 373. The van der Waals surface area contributed by atoms with Crippen molar-refractivity contribution in [3.05, 3.63) is 40.8 Å². The van der Waals surface area contributed by atoms with E-state index in [0.717, 1.165) is 0 Å². The van der Waals surface area contributed by atoms with Crippen LogP contribution in [-0.4, -0.2) is 15.0 Å². The van der Waals surface area contributed by atoms with Crippen molar-refractivity contribution in [2.24, 2.45) is 0 Å². The number of benzene rings is 1. The van der Waals surface area contributed by atoms with Gasteiger partial charge in [-0.2, -0.15) is 0 Å². The van der Waals surface area contributed by atoms with Crippen LogP contribution in [0, 0.1) is 4.91 Å². The molecule has 6 nitrogen and oxygen atoms in total. The lowest BCUT2D eigenvalue weighted by molar-refractivity contribution is -0.809. The summed E-state index contributed by atoms with van der Waals surface area (Å²) < 4.78 is 10.8.